The van der Waals surface area contributed by atoms with E-state index in [4.69, 9.17) is 0 Å². The number of unbranched alkanes of at least 4 members (excludes halogenated alkanes) is 3. The maximum atomic E-state index is 14.1. The molecule has 1 saturated carbocycles. The van der Waals surface area contributed by atoms with Crippen LogP contribution in [-0.4, -0.2) is 22.5 Å². The number of benzene rings is 2. The Balaban J connectivity index is 1.95. The molecule has 3 heteroatoms. The molecule has 0 unspecified atom stereocenters. The van der Waals surface area contributed by atoms with Crippen LogP contribution in [0.4, 0.5) is 0 Å². The molecule has 1 fully saturated rings. The number of carbonyl (C=O) groups is 1. The van der Waals surface area contributed by atoms with Crippen LogP contribution in [0.3, 0.4) is 0 Å². The summed E-state index contributed by atoms with van der Waals surface area (Å²) >= 11 is 0. The number of aromatic hydroxyl groups is 1. The van der Waals surface area contributed by atoms with E-state index < -0.39 is 5.41 Å². The molecular formula is C28H37NO2. The molecular weight excluding hydrogens is 382 g/mol. The van der Waals surface area contributed by atoms with Crippen LogP contribution in [0.1, 0.15) is 71.8 Å². The number of phenolic OH excluding ortho intramolecular Hbond substituents is 1. The van der Waals surface area contributed by atoms with Crippen molar-refractivity contribution in [3.05, 3.63) is 65.9 Å². The molecule has 0 heterocycles. The first-order valence-corrected chi connectivity index (χ1v) is 11.8. The van der Waals surface area contributed by atoms with Gasteiger partial charge >= 0.3 is 0 Å². The van der Waals surface area contributed by atoms with Crippen LogP contribution < -0.4 is 0 Å². The average Bonchev–Trinajstić information content (AvgIpc) is 3.64. The molecule has 0 radical (unpaired) electrons. The summed E-state index contributed by atoms with van der Waals surface area (Å²) in [6, 6.07) is 15.6. The summed E-state index contributed by atoms with van der Waals surface area (Å²) in [7, 11) is 0. The Bertz CT molecular complexity index is 928. The Morgan fingerprint density at radius 3 is 2.39 bits per heavy atom. The highest BCUT2D eigenvalue weighted by atomic mass is 16.3. The van der Waals surface area contributed by atoms with Crippen LogP contribution >= 0.6 is 0 Å². The maximum Gasteiger partial charge on any atom is 0.237 e. The molecule has 0 spiro atoms. The molecule has 0 aromatic heterocycles. The third-order valence-electron chi connectivity index (χ3n) is 6.80. The molecule has 1 N–H and O–H groups in total. The number of allylic oxidation sites excluding steroid dienone is 2. The first kappa shape index (κ1) is 23.1. The first-order chi connectivity index (χ1) is 14.9. The highest BCUT2D eigenvalue weighted by molar-refractivity contribution is 5.90. The Hall–Kier alpha value is -2.55. The lowest BCUT2D eigenvalue weighted by Gasteiger charge is -2.36. The monoisotopic (exact) mass is 419 g/mol. The Kier molecular flexibility index (Phi) is 7.59. The van der Waals surface area contributed by atoms with Crippen molar-refractivity contribution in [2.24, 2.45) is 5.92 Å². The molecule has 31 heavy (non-hydrogen) atoms. The van der Waals surface area contributed by atoms with Gasteiger partial charge < -0.3 is 10.0 Å². The molecule has 0 bridgehead atoms. The van der Waals surface area contributed by atoms with Gasteiger partial charge in [-0.25, -0.2) is 0 Å². The summed E-state index contributed by atoms with van der Waals surface area (Å²) in [6.07, 6.45) is 8.84. The molecule has 2 aromatic carbocycles. The molecule has 1 aliphatic carbocycles. The van der Waals surface area contributed by atoms with E-state index in [0.29, 0.717) is 5.92 Å². The van der Waals surface area contributed by atoms with E-state index in [1.165, 1.54) is 12.8 Å². The number of nitrogens with zero attached hydrogens (tertiary/aromatic N) is 1. The van der Waals surface area contributed by atoms with Crippen LogP contribution in [0, 0.1) is 5.92 Å². The molecule has 3 nitrogen and oxygen atoms in total. The number of amides is 1. The van der Waals surface area contributed by atoms with Crippen LogP contribution in [-0.2, 0) is 10.2 Å². The van der Waals surface area contributed by atoms with Crippen molar-refractivity contribution in [3.8, 4) is 16.9 Å². The number of hydrogen-bond donors (Lipinski definition) is 1. The second-order valence-electron chi connectivity index (χ2n) is 9.06. The normalized spacial score (nSPS) is 16.1. The summed E-state index contributed by atoms with van der Waals surface area (Å²) in [5.74, 6) is 0.850. The van der Waals surface area contributed by atoms with E-state index in [9.17, 15) is 9.90 Å². The summed E-state index contributed by atoms with van der Waals surface area (Å²) in [5, 5.41) is 9.90. The van der Waals surface area contributed by atoms with Gasteiger partial charge in [-0.3, -0.25) is 4.79 Å². The average molecular weight is 420 g/mol. The third-order valence-corrected chi connectivity index (χ3v) is 6.80. The zero-order chi connectivity index (χ0) is 22.4. The highest BCUT2D eigenvalue weighted by Crippen LogP contribution is 2.49. The quantitative estimate of drug-likeness (QED) is 0.419. The Morgan fingerprint density at radius 2 is 1.77 bits per heavy atom. The van der Waals surface area contributed by atoms with Crippen LogP contribution in [0.5, 0.6) is 5.75 Å². The number of phenols is 1. The summed E-state index contributed by atoms with van der Waals surface area (Å²) in [6.45, 7) is 9.19. The molecule has 1 atom stereocenters. The molecule has 2 aromatic rings. The lowest BCUT2D eigenvalue weighted by atomic mass is 9.75. The molecule has 166 valence electrons. The molecule has 0 saturated heterocycles. The standard InChI is InChI=1S/C28H37NO2/c1-5-7-8-9-18-29(21(3)6-2)27(31)28(4,24-16-17-24)25-14-10-12-22(19-25)23-13-11-15-26(30)20-23/h6,10-15,19-20,24,30H,5,7-9,16-18H2,1-4H3/b21-6-/t28-/m0/s1. The minimum absolute atomic E-state index is 0.218. The van der Waals surface area contributed by atoms with Crippen LogP contribution in [0.2, 0.25) is 0 Å². The maximum absolute atomic E-state index is 14.1. The van der Waals surface area contributed by atoms with Crippen molar-refractivity contribution >= 4 is 5.91 Å². The van der Waals surface area contributed by atoms with Gasteiger partial charge in [-0.1, -0.05) is 68.7 Å². The predicted octanol–water partition coefficient (Wildman–Crippen LogP) is 7.06. The summed E-state index contributed by atoms with van der Waals surface area (Å²) in [4.78, 5) is 16.1. The van der Waals surface area contributed by atoms with E-state index in [0.717, 1.165) is 54.6 Å². The van der Waals surface area contributed by atoms with Gasteiger partial charge in [-0.05, 0) is 74.8 Å². The van der Waals surface area contributed by atoms with Gasteiger partial charge in [-0.15, -0.1) is 0 Å². The summed E-state index contributed by atoms with van der Waals surface area (Å²) in [5.41, 5.74) is 3.57. The third kappa shape index (κ3) is 5.20. The van der Waals surface area contributed by atoms with Crippen molar-refractivity contribution in [2.75, 3.05) is 6.54 Å². The van der Waals surface area contributed by atoms with Crippen molar-refractivity contribution in [1.82, 2.24) is 4.90 Å². The van der Waals surface area contributed by atoms with E-state index in [2.05, 4.69) is 32.0 Å². The molecule has 3 rings (SSSR count). The molecule has 1 amide bonds. The fourth-order valence-corrected chi connectivity index (χ4v) is 4.47. The largest absolute Gasteiger partial charge is 0.508 e. The summed E-state index contributed by atoms with van der Waals surface area (Å²) < 4.78 is 0. The topological polar surface area (TPSA) is 40.5 Å². The number of rotatable bonds is 10. The van der Waals surface area contributed by atoms with Crippen molar-refractivity contribution in [3.63, 3.8) is 0 Å². The van der Waals surface area contributed by atoms with Crippen molar-refractivity contribution < 1.29 is 9.90 Å². The lowest BCUT2D eigenvalue weighted by Crippen LogP contribution is -2.46. The Labute approximate surface area is 187 Å². The fraction of sp³-hybridized carbons (Fsp3) is 0.464. The van der Waals surface area contributed by atoms with Gasteiger partial charge in [0.15, 0.2) is 0 Å². The minimum atomic E-state index is -0.540. The lowest BCUT2D eigenvalue weighted by molar-refractivity contribution is -0.135. The number of hydrogen-bond acceptors (Lipinski definition) is 2. The van der Waals surface area contributed by atoms with Gasteiger partial charge in [0.2, 0.25) is 5.91 Å². The fourth-order valence-electron chi connectivity index (χ4n) is 4.47. The van der Waals surface area contributed by atoms with Gasteiger partial charge in [0, 0.05) is 12.2 Å². The molecule has 1 aliphatic rings. The predicted molar refractivity (Wildman–Crippen MR) is 129 cm³/mol. The van der Waals surface area contributed by atoms with E-state index >= 15 is 0 Å². The second-order valence-corrected chi connectivity index (χ2v) is 9.06. The van der Waals surface area contributed by atoms with Crippen LogP contribution in [0.25, 0.3) is 11.1 Å². The van der Waals surface area contributed by atoms with Crippen LogP contribution in [0.15, 0.2) is 60.3 Å². The number of carbonyl (C=O) groups excluding carboxylic acids is 1. The van der Waals surface area contributed by atoms with Gasteiger partial charge in [0.05, 0.1) is 5.41 Å². The smallest absolute Gasteiger partial charge is 0.237 e. The SMILES string of the molecule is C/C=C(/C)N(CCCCCC)C(=O)[C@](C)(c1cccc(-c2cccc(O)c2)c1)C1CC1. The van der Waals surface area contributed by atoms with Gasteiger partial charge in [0.25, 0.3) is 0 Å². The van der Waals surface area contributed by atoms with Crippen molar-refractivity contribution in [2.45, 2.75) is 71.6 Å². The Morgan fingerprint density at radius 1 is 1.10 bits per heavy atom. The van der Waals surface area contributed by atoms with E-state index in [-0.39, 0.29) is 11.7 Å². The minimum Gasteiger partial charge on any atom is -0.508 e. The first-order valence-electron chi connectivity index (χ1n) is 11.8. The van der Waals surface area contributed by atoms with Crippen molar-refractivity contribution in [1.29, 1.82) is 0 Å². The zero-order valence-electron chi connectivity index (χ0n) is 19.5. The zero-order valence-corrected chi connectivity index (χ0v) is 19.5. The van der Waals surface area contributed by atoms with Gasteiger partial charge in [-0.2, -0.15) is 0 Å². The highest BCUT2D eigenvalue weighted by Gasteiger charge is 2.50. The van der Waals surface area contributed by atoms with E-state index in [1.54, 1.807) is 12.1 Å². The molecule has 0 aliphatic heterocycles. The van der Waals surface area contributed by atoms with Gasteiger partial charge in [0.1, 0.15) is 5.75 Å². The van der Waals surface area contributed by atoms with E-state index in [1.807, 2.05) is 43.0 Å². The second kappa shape index (κ2) is 10.2.